The Bertz CT molecular complexity index is 1160. The fourth-order valence-corrected chi connectivity index (χ4v) is 8.06. The van der Waals surface area contributed by atoms with E-state index in [-0.39, 0.29) is 42.2 Å². The van der Waals surface area contributed by atoms with Crippen molar-refractivity contribution in [1.29, 1.82) is 0 Å². The molecule has 11 heteroatoms. The number of nitrogens with zero attached hydrogens (tertiary/aromatic N) is 4. The first kappa shape index (κ1) is 30.9. The van der Waals surface area contributed by atoms with E-state index in [2.05, 4.69) is 34.0 Å². The number of aliphatic hydroxyl groups is 1. The normalized spacial score (nSPS) is 30.3. The first-order valence-corrected chi connectivity index (χ1v) is 15.7. The Balaban J connectivity index is 1.48. The average Bonchev–Trinajstić information content (AvgIpc) is 3.60. The number of para-hydroxylation sites is 1. The molecule has 4 aliphatic rings. The number of anilines is 1. The van der Waals surface area contributed by atoms with Crippen molar-refractivity contribution < 1.29 is 29.0 Å². The molecular formula is C31H41BrN4O6. The summed E-state index contributed by atoms with van der Waals surface area (Å²) in [6.07, 6.45) is 3.56. The molecule has 1 spiro atoms. The standard InChI is InChI=1S/C31H41BrN4O6/c1-3-11-34(15-14-33-16-19-41-20-17-33)30(40)27-31-21-23(32)26(42-31)24(25(31)29(39)36(27)13-8-18-37)28(38)35(12-4-2)22-9-6-5-7-10-22/h3-7,9-10,23-27,37H,1-2,8,11-21H2/t23?,24-,25+,26-,27?,31?/m1/s1. The predicted molar refractivity (Wildman–Crippen MR) is 162 cm³/mol. The van der Waals surface area contributed by atoms with Crippen LogP contribution in [0.2, 0.25) is 0 Å². The number of rotatable bonds is 13. The quantitative estimate of drug-likeness (QED) is 0.258. The van der Waals surface area contributed by atoms with E-state index in [1.807, 2.05) is 30.3 Å². The van der Waals surface area contributed by atoms with E-state index in [1.165, 1.54) is 0 Å². The molecule has 1 aromatic rings. The highest BCUT2D eigenvalue weighted by atomic mass is 79.9. The Labute approximate surface area is 256 Å². The minimum Gasteiger partial charge on any atom is -0.396 e. The van der Waals surface area contributed by atoms with E-state index >= 15 is 0 Å². The fraction of sp³-hybridized carbons (Fsp3) is 0.581. The number of morpholine rings is 1. The summed E-state index contributed by atoms with van der Waals surface area (Å²) in [4.78, 5) is 50.0. The molecular weight excluding hydrogens is 604 g/mol. The van der Waals surface area contributed by atoms with Crippen LogP contribution in [-0.4, -0.2) is 126 Å². The Hall–Kier alpha value is -2.57. The van der Waals surface area contributed by atoms with Crippen molar-refractivity contribution in [2.24, 2.45) is 11.8 Å². The zero-order chi connectivity index (χ0) is 29.9. The van der Waals surface area contributed by atoms with Gasteiger partial charge in [-0.15, -0.1) is 13.2 Å². The molecule has 6 atom stereocenters. The second-order valence-corrected chi connectivity index (χ2v) is 12.5. The summed E-state index contributed by atoms with van der Waals surface area (Å²) in [7, 11) is 0. The first-order chi connectivity index (χ1) is 20.4. The molecule has 0 saturated carbocycles. The number of aliphatic hydroxyl groups excluding tert-OH is 1. The topological polar surface area (TPSA) is 103 Å². The van der Waals surface area contributed by atoms with E-state index in [1.54, 1.807) is 26.9 Å². The van der Waals surface area contributed by atoms with E-state index in [4.69, 9.17) is 9.47 Å². The molecule has 2 bridgehead atoms. The van der Waals surface area contributed by atoms with Crippen molar-refractivity contribution in [3.63, 3.8) is 0 Å². The molecule has 3 amide bonds. The Morgan fingerprint density at radius 3 is 2.48 bits per heavy atom. The van der Waals surface area contributed by atoms with Crippen molar-refractivity contribution >= 4 is 39.3 Å². The molecule has 4 aliphatic heterocycles. The van der Waals surface area contributed by atoms with Crippen LogP contribution in [0.25, 0.3) is 0 Å². The highest BCUT2D eigenvalue weighted by molar-refractivity contribution is 9.09. The van der Waals surface area contributed by atoms with Crippen molar-refractivity contribution in [2.75, 3.05) is 70.5 Å². The number of hydrogen-bond acceptors (Lipinski definition) is 7. The number of fused-ring (bicyclic) bond motifs is 1. The second kappa shape index (κ2) is 13.4. The molecule has 5 rings (SSSR count). The molecule has 42 heavy (non-hydrogen) atoms. The lowest BCUT2D eigenvalue weighted by Gasteiger charge is -2.38. The Morgan fingerprint density at radius 2 is 1.81 bits per heavy atom. The minimum absolute atomic E-state index is 0.121. The van der Waals surface area contributed by atoms with Crippen LogP contribution >= 0.6 is 15.9 Å². The molecule has 1 N–H and O–H groups in total. The number of alkyl halides is 1. The van der Waals surface area contributed by atoms with Gasteiger partial charge in [-0.3, -0.25) is 19.3 Å². The summed E-state index contributed by atoms with van der Waals surface area (Å²) in [5.74, 6) is -2.28. The number of hydrogen-bond donors (Lipinski definition) is 1. The number of carbonyl (C=O) groups is 3. The molecule has 4 saturated heterocycles. The van der Waals surface area contributed by atoms with E-state index in [9.17, 15) is 19.5 Å². The lowest BCUT2D eigenvalue weighted by Crippen LogP contribution is -2.58. The van der Waals surface area contributed by atoms with Gasteiger partial charge in [-0.2, -0.15) is 0 Å². The number of halogens is 1. The van der Waals surface area contributed by atoms with Gasteiger partial charge in [-0.05, 0) is 25.0 Å². The SMILES string of the molecule is C=CCN(CCN1CCOCC1)C(=O)C1N(CCCO)C(=O)[C@@H]2[C@@H](C(=O)N(CC=C)c3ccccc3)[C@@H]3OC12CC3Br. The molecule has 3 unspecified atom stereocenters. The zero-order valence-electron chi connectivity index (χ0n) is 24.0. The largest absolute Gasteiger partial charge is 0.396 e. The van der Waals surface area contributed by atoms with Gasteiger partial charge >= 0.3 is 0 Å². The lowest BCUT2D eigenvalue weighted by atomic mass is 9.70. The van der Waals surface area contributed by atoms with Gasteiger partial charge in [0.15, 0.2) is 0 Å². The summed E-state index contributed by atoms with van der Waals surface area (Å²) in [5, 5.41) is 9.66. The zero-order valence-corrected chi connectivity index (χ0v) is 25.6. The molecule has 0 aliphatic carbocycles. The van der Waals surface area contributed by atoms with Crippen LogP contribution in [-0.2, 0) is 23.9 Å². The highest BCUT2D eigenvalue weighted by Gasteiger charge is 2.76. The number of ether oxygens (including phenoxy) is 2. The van der Waals surface area contributed by atoms with Gasteiger partial charge in [0.05, 0.1) is 31.2 Å². The van der Waals surface area contributed by atoms with Crippen molar-refractivity contribution in [1.82, 2.24) is 14.7 Å². The first-order valence-electron chi connectivity index (χ1n) is 14.8. The van der Waals surface area contributed by atoms with Gasteiger partial charge in [-0.1, -0.05) is 46.3 Å². The number of benzene rings is 1. The van der Waals surface area contributed by atoms with Gasteiger partial charge in [0, 0.05) is 62.9 Å². The third-order valence-corrected chi connectivity index (χ3v) is 9.81. The van der Waals surface area contributed by atoms with Crippen LogP contribution in [0.5, 0.6) is 0 Å². The predicted octanol–water partition coefficient (Wildman–Crippen LogP) is 1.68. The average molecular weight is 646 g/mol. The minimum atomic E-state index is -1.16. The van der Waals surface area contributed by atoms with Crippen molar-refractivity contribution in [3.05, 3.63) is 55.6 Å². The molecule has 0 aromatic heterocycles. The summed E-state index contributed by atoms with van der Waals surface area (Å²) in [6.45, 7) is 12.5. The van der Waals surface area contributed by atoms with Crippen LogP contribution in [0.4, 0.5) is 5.69 Å². The van der Waals surface area contributed by atoms with Crippen LogP contribution in [0, 0.1) is 11.8 Å². The third-order valence-electron chi connectivity index (χ3n) is 8.96. The summed E-state index contributed by atoms with van der Waals surface area (Å²) < 4.78 is 12.2. The van der Waals surface area contributed by atoms with Gasteiger partial charge in [-0.25, -0.2) is 0 Å². The van der Waals surface area contributed by atoms with Crippen LogP contribution < -0.4 is 4.90 Å². The maximum absolute atomic E-state index is 14.5. The summed E-state index contributed by atoms with van der Waals surface area (Å²) in [6, 6.07) is 8.42. The highest BCUT2D eigenvalue weighted by Crippen LogP contribution is 2.60. The van der Waals surface area contributed by atoms with Gasteiger partial charge in [0.2, 0.25) is 17.7 Å². The Morgan fingerprint density at radius 1 is 1.10 bits per heavy atom. The van der Waals surface area contributed by atoms with Crippen LogP contribution in [0.15, 0.2) is 55.6 Å². The Kier molecular flexibility index (Phi) is 9.84. The van der Waals surface area contributed by atoms with E-state index in [0.717, 1.165) is 13.1 Å². The smallest absolute Gasteiger partial charge is 0.248 e. The number of amides is 3. The summed E-state index contributed by atoms with van der Waals surface area (Å²) >= 11 is 3.75. The fourth-order valence-electron chi connectivity index (χ4n) is 7.12. The van der Waals surface area contributed by atoms with Gasteiger partial charge < -0.3 is 29.3 Å². The van der Waals surface area contributed by atoms with Gasteiger partial charge in [0.25, 0.3) is 0 Å². The second-order valence-electron chi connectivity index (χ2n) is 11.4. The number of carbonyl (C=O) groups excluding carboxylic acids is 3. The summed E-state index contributed by atoms with van der Waals surface area (Å²) in [5.41, 5.74) is -0.446. The van der Waals surface area contributed by atoms with Crippen LogP contribution in [0.1, 0.15) is 12.8 Å². The van der Waals surface area contributed by atoms with Gasteiger partial charge in [0.1, 0.15) is 11.6 Å². The molecule has 4 heterocycles. The van der Waals surface area contributed by atoms with Crippen LogP contribution in [0.3, 0.4) is 0 Å². The van der Waals surface area contributed by atoms with Crippen molar-refractivity contribution in [3.8, 4) is 0 Å². The molecule has 228 valence electrons. The van der Waals surface area contributed by atoms with Crippen molar-refractivity contribution in [2.45, 2.75) is 35.4 Å². The molecule has 10 nitrogen and oxygen atoms in total. The maximum atomic E-state index is 14.5. The van der Waals surface area contributed by atoms with E-state index in [0.29, 0.717) is 51.4 Å². The molecule has 4 fully saturated rings. The molecule has 1 aromatic carbocycles. The third kappa shape index (κ3) is 5.57. The monoisotopic (exact) mass is 644 g/mol. The number of likely N-dealkylation sites (tertiary alicyclic amines) is 1. The maximum Gasteiger partial charge on any atom is 0.248 e. The molecule has 0 radical (unpaired) electrons. The van der Waals surface area contributed by atoms with E-state index < -0.39 is 29.6 Å². The lowest BCUT2D eigenvalue weighted by molar-refractivity contribution is -0.148.